The van der Waals surface area contributed by atoms with Gasteiger partial charge >= 0.3 is 6.03 Å². The number of hydrogen-bond acceptors (Lipinski definition) is 3. The van der Waals surface area contributed by atoms with Crippen LogP contribution in [0.4, 0.5) is 10.5 Å². The molecule has 0 atom stereocenters. The molecule has 1 aromatic rings. The molecule has 2 N–H and O–H groups in total. The number of amides is 4. The molecule has 8 heteroatoms. The average molecular weight is 384 g/mol. The highest BCUT2D eigenvalue weighted by atomic mass is 35.5. The molecule has 0 radical (unpaired) electrons. The molecule has 134 valence electrons. The standard InChI is InChI=1S/C17H19Cl2N3O3/c1-10-5-6-11(18)14(13(10)19)20-12(23)9-22-15(24)17(21-16(22)25)7-3-2-4-8-17/h5-6H,2-4,7-9H2,1H3,(H,20,23)(H,21,25). The normalized spacial score (nSPS) is 19.2. The van der Waals surface area contributed by atoms with Crippen molar-refractivity contribution in [2.24, 2.45) is 0 Å². The number of halogens is 2. The molecule has 1 saturated heterocycles. The Bertz CT molecular complexity index is 745. The van der Waals surface area contributed by atoms with Gasteiger partial charge in [-0.05, 0) is 31.4 Å². The Hall–Kier alpha value is -1.79. The largest absolute Gasteiger partial charge is 0.325 e. The highest BCUT2D eigenvalue weighted by molar-refractivity contribution is 6.40. The van der Waals surface area contributed by atoms with E-state index in [4.69, 9.17) is 23.2 Å². The van der Waals surface area contributed by atoms with E-state index in [1.165, 1.54) is 0 Å². The van der Waals surface area contributed by atoms with Gasteiger partial charge in [-0.25, -0.2) is 4.79 Å². The van der Waals surface area contributed by atoms with E-state index in [-0.39, 0.29) is 18.1 Å². The fourth-order valence-corrected chi connectivity index (χ4v) is 3.87. The van der Waals surface area contributed by atoms with Gasteiger partial charge in [-0.15, -0.1) is 0 Å². The van der Waals surface area contributed by atoms with Crippen molar-refractivity contribution in [3.05, 3.63) is 27.7 Å². The van der Waals surface area contributed by atoms with Crippen molar-refractivity contribution >= 4 is 46.7 Å². The lowest BCUT2D eigenvalue weighted by Crippen LogP contribution is -2.48. The number of hydrogen-bond donors (Lipinski definition) is 2. The summed E-state index contributed by atoms with van der Waals surface area (Å²) in [6, 6.07) is 2.84. The Labute approximate surface area is 155 Å². The fraction of sp³-hybridized carbons (Fsp3) is 0.471. The first-order chi connectivity index (χ1) is 11.8. The zero-order valence-corrected chi connectivity index (χ0v) is 15.3. The van der Waals surface area contributed by atoms with E-state index in [1.807, 2.05) is 0 Å². The number of carbonyl (C=O) groups is 3. The molecule has 0 bridgehead atoms. The zero-order valence-electron chi connectivity index (χ0n) is 13.8. The van der Waals surface area contributed by atoms with E-state index in [0.29, 0.717) is 22.9 Å². The smallest absolute Gasteiger partial charge is 0.323 e. The molecule has 2 aliphatic rings. The predicted molar refractivity (Wildman–Crippen MR) is 95.9 cm³/mol. The van der Waals surface area contributed by atoms with Gasteiger partial charge in [0.15, 0.2) is 0 Å². The number of nitrogens with zero attached hydrogens (tertiary/aromatic N) is 1. The minimum absolute atomic E-state index is 0.285. The molecule has 1 spiro atoms. The molecule has 2 fully saturated rings. The van der Waals surface area contributed by atoms with Crippen LogP contribution in [0.3, 0.4) is 0 Å². The predicted octanol–water partition coefficient (Wildman–Crippen LogP) is 3.50. The number of aryl methyl sites for hydroxylation is 1. The van der Waals surface area contributed by atoms with Gasteiger partial charge in [-0.2, -0.15) is 0 Å². The third-order valence-corrected chi connectivity index (χ3v) is 5.61. The van der Waals surface area contributed by atoms with E-state index >= 15 is 0 Å². The molecular formula is C17H19Cl2N3O3. The summed E-state index contributed by atoms with van der Waals surface area (Å²) < 4.78 is 0. The topological polar surface area (TPSA) is 78.5 Å². The summed E-state index contributed by atoms with van der Waals surface area (Å²) >= 11 is 12.3. The van der Waals surface area contributed by atoms with Crippen LogP contribution in [0.25, 0.3) is 0 Å². The van der Waals surface area contributed by atoms with Crippen LogP contribution in [0.2, 0.25) is 10.0 Å². The van der Waals surface area contributed by atoms with Crippen LogP contribution < -0.4 is 10.6 Å². The highest BCUT2D eigenvalue weighted by Gasteiger charge is 2.51. The SMILES string of the molecule is Cc1ccc(Cl)c(NC(=O)CN2C(=O)NC3(CCCCC3)C2=O)c1Cl. The van der Waals surface area contributed by atoms with E-state index in [2.05, 4.69) is 10.6 Å². The number of nitrogens with one attached hydrogen (secondary N) is 2. The Morgan fingerprint density at radius 2 is 1.92 bits per heavy atom. The summed E-state index contributed by atoms with van der Waals surface area (Å²) in [6.07, 6.45) is 4.06. The summed E-state index contributed by atoms with van der Waals surface area (Å²) in [5.74, 6) is -0.848. The lowest BCUT2D eigenvalue weighted by molar-refractivity contribution is -0.134. The van der Waals surface area contributed by atoms with E-state index < -0.39 is 17.5 Å². The molecular weight excluding hydrogens is 365 g/mol. The minimum atomic E-state index is -0.839. The first kappa shape index (κ1) is 18.0. The van der Waals surface area contributed by atoms with Crippen molar-refractivity contribution in [1.29, 1.82) is 0 Å². The molecule has 0 aromatic heterocycles. The molecule has 25 heavy (non-hydrogen) atoms. The first-order valence-electron chi connectivity index (χ1n) is 8.23. The molecule has 1 saturated carbocycles. The second-order valence-corrected chi connectivity index (χ2v) is 7.35. The van der Waals surface area contributed by atoms with Crippen LogP contribution in [0.15, 0.2) is 12.1 Å². The zero-order chi connectivity index (χ0) is 18.2. The van der Waals surface area contributed by atoms with Gasteiger partial charge in [0.2, 0.25) is 5.91 Å². The van der Waals surface area contributed by atoms with Gasteiger partial charge in [0.25, 0.3) is 5.91 Å². The molecule has 1 heterocycles. The van der Waals surface area contributed by atoms with Gasteiger partial charge in [0.05, 0.1) is 15.7 Å². The van der Waals surface area contributed by atoms with Crippen LogP contribution in [-0.2, 0) is 9.59 Å². The summed E-state index contributed by atoms with van der Waals surface area (Å²) in [7, 11) is 0. The number of imide groups is 1. The highest BCUT2D eigenvalue weighted by Crippen LogP contribution is 2.35. The molecule has 3 rings (SSSR count). The van der Waals surface area contributed by atoms with Gasteiger partial charge in [0.1, 0.15) is 12.1 Å². The van der Waals surface area contributed by atoms with Gasteiger partial charge in [-0.1, -0.05) is 48.5 Å². The van der Waals surface area contributed by atoms with Crippen LogP contribution in [0.1, 0.15) is 37.7 Å². The number of anilines is 1. The number of benzene rings is 1. The Morgan fingerprint density at radius 3 is 2.60 bits per heavy atom. The Kier molecular flexibility index (Phi) is 4.93. The summed E-state index contributed by atoms with van der Waals surface area (Å²) in [5, 5.41) is 6.01. The van der Waals surface area contributed by atoms with Crippen molar-refractivity contribution in [2.45, 2.75) is 44.6 Å². The third kappa shape index (κ3) is 3.33. The molecule has 4 amide bonds. The van der Waals surface area contributed by atoms with Crippen molar-refractivity contribution in [3.8, 4) is 0 Å². The number of urea groups is 1. The number of rotatable bonds is 3. The summed E-state index contributed by atoms with van der Waals surface area (Å²) in [6.45, 7) is 1.42. The van der Waals surface area contributed by atoms with E-state index in [1.54, 1.807) is 19.1 Å². The second-order valence-electron chi connectivity index (χ2n) is 6.57. The maximum absolute atomic E-state index is 12.7. The lowest BCUT2D eigenvalue weighted by Gasteiger charge is -2.30. The van der Waals surface area contributed by atoms with Crippen molar-refractivity contribution in [2.75, 3.05) is 11.9 Å². The van der Waals surface area contributed by atoms with Crippen molar-refractivity contribution in [3.63, 3.8) is 0 Å². The summed E-state index contributed by atoms with van der Waals surface area (Å²) in [5.41, 5.74) is 0.208. The molecule has 6 nitrogen and oxygen atoms in total. The molecule has 1 aromatic carbocycles. The van der Waals surface area contributed by atoms with Gasteiger partial charge in [-0.3, -0.25) is 14.5 Å². The Morgan fingerprint density at radius 1 is 1.24 bits per heavy atom. The molecule has 1 aliphatic heterocycles. The van der Waals surface area contributed by atoms with Crippen molar-refractivity contribution in [1.82, 2.24) is 10.2 Å². The second kappa shape index (κ2) is 6.84. The van der Waals surface area contributed by atoms with Crippen LogP contribution >= 0.6 is 23.2 Å². The Balaban J connectivity index is 1.72. The fourth-order valence-electron chi connectivity index (χ4n) is 3.41. The van der Waals surface area contributed by atoms with Crippen LogP contribution in [0, 0.1) is 6.92 Å². The average Bonchev–Trinajstić information content (AvgIpc) is 2.80. The molecule has 0 unspecified atom stereocenters. The van der Waals surface area contributed by atoms with E-state index in [0.717, 1.165) is 29.7 Å². The first-order valence-corrected chi connectivity index (χ1v) is 8.98. The van der Waals surface area contributed by atoms with Crippen LogP contribution in [-0.4, -0.2) is 34.8 Å². The molecule has 1 aliphatic carbocycles. The van der Waals surface area contributed by atoms with Crippen molar-refractivity contribution < 1.29 is 14.4 Å². The van der Waals surface area contributed by atoms with Gasteiger partial charge < -0.3 is 10.6 Å². The van der Waals surface area contributed by atoms with Gasteiger partial charge in [0, 0.05) is 0 Å². The maximum Gasteiger partial charge on any atom is 0.325 e. The third-order valence-electron chi connectivity index (χ3n) is 4.80. The minimum Gasteiger partial charge on any atom is -0.323 e. The number of carbonyl (C=O) groups excluding carboxylic acids is 3. The van der Waals surface area contributed by atoms with E-state index in [9.17, 15) is 14.4 Å². The lowest BCUT2D eigenvalue weighted by atomic mass is 9.82. The quantitative estimate of drug-likeness (QED) is 0.783. The summed E-state index contributed by atoms with van der Waals surface area (Å²) in [4.78, 5) is 38.2. The van der Waals surface area contributed by atoms with Crippen LogP contribution in [0.5, 0.6) is 0 Å². The maximum atomic E-state index is 12.7. The monoisotopic (exact) mass is 383 g/mol.